The van der Waals surface area contributed by atoms with Crippen molar-refractivity contribution in [1.82, 2.24) is 0 Å². The topological polar surface area (TPSA) is 0 Å². The first kappa shape index (κ1) is 16.6. The van der Waals surface area contributed by atoms with Crippen LogP contribution in [0.4, 0.5) is 0 Å². The van der Waals surface area contributed by atoms with E-state index < -0.39 is 0 Å². The lowest BCUT2D eigenvalue weighted by molar-refractivity contribution is 0.667. The Morgan fingerprint density at radius 2 is 1.64 bits per heavy atom. The third kappa shape index (κ3) is 5.57. The molecule has 0 amide bonds. The van der Waals surface area contributed by atoms with Gasteiger partial charge in [0.05, 0.1) is 0 Å². The highest BCUT2D eigenvalue weighted by Crippen LogP contribution is 2.11. The summed E-state index contributed by atoms with van der Waals surface area (Å²) < 4.78 is 0. The van der Waals surface area contributed by atoms with Crippen molar-refractivity contribution in [2.45, 2.75) is 39.0 Å². The highest BCUT2D eigenvalue weighted by molar-refractivity contribution is 7.81. The maximum absolute atomic E-state index is 5.44. The summed E-state index contributed by atoms with van der Waals surface area (Å²) in [5.74, 6) is 0. The number of hydrogen-bond acceptors (Lipinski definition) is 1. The van der Waals surface area contributed by atoms with Crippen molar-refractivity contribution in [3.8, 4) is 0 Å². The lowest BCUT2D eigenvalue weighted by atomic mass is 10.0. The first-order chi connectivity index (χ1) is 10.8. The molecule has 0 heterocycles. The number of unbranched alkanes of at least 4 members (excludes halogenated alkanes) is 3. The lowest BCUT2D eigenvalue weighted by Crippen LogP contribution is -1.91. The molecule has 22 heavy (non-hydrogen) atoms. The predicted octanol–water partition coefficient (Wildman–Crippen LogP) is 6.24. The molecule has 0 aliphatic heterocycles. The number of allylic oxidation sites excluding steroid dienone is 1. The van der Waals surface area contributed by atoms with Crippen LogP contribution in [0.1, 0.15) is 49.3 Å². The normalized spacial score (nSPS) is 11.0. The van der Waals surface area contributed by atoms with Gasteiger partial charge in [0.25, 0.3) is 0 Å². The Bertz CT molecular complexity index is 594. The van der Waals surface area contributed by atoms with Crippen LogP contribution in [0.5, 0.6) is 0 Å². The molecule has 0 unspecified atom stereocenters. The first-order valence-electron chi connectivity index (χ1n) is 8.16. The Morgan fingerprint density at radius 3 is 2.32 bits per heavy atom. The lowest BCUT2D eigenvalue weighted by Gasteiger charge is -2.02. The summed E-state index contributed by atoms with van der Waals surface area (Å²) in [7, 11) is 0. The number of thiocarbonyl (C=S) groups is 1. The number of hydrogen-bond donors (Lipinski definition) is 0. The minimum absolute atomic E-state index is 0.879. The molecule has 0 saturated heterocycles. The van der Waals surface area contributed by atoms with E-state index in [2.05, 4.69) is 37.3 Å². The largest absolute Gasteiger partial charge is 0.0795 e. The van der Waals surface area contributed by atoms with Gasteiger partial charge in [-0.15, -0.1) is 0 Å². The van der Waals surface area contributed by atoms with E-state index in [1.807, 2.05) is 36.4 Å². The minimum atomic E-state index is 0.879. The predicted molar refractivity (Wildman–Crippen MR) is 101 cm³/mol. The van der Waals surface area contributed by atoms with Crippen LogP contribution in [0.2, 0.25) is 0 Å². The number of aryl methyl sites for hydroxylation is 1. The van der Waals surface area contributed by atoms with Gasteiger partial charge in [-0.3, -0.25) is 0 Å². The summed E-state index contributed by atoms with van der Waals surface area (Å²) in [6.45, 7) is 2.25. The van der Waals surface area contributed by atoms with Crippen LogP contribution in [0, 0.1) is 0 Å². The second kappa shape index (κ2) is 9.32. The Morgan fingerprint density at radius 1 is 0.909 bits per heavy atom. The molecular weight excluding hydrogens is 284 g/mol. The summed E-state index contributed by atoms with van der Waals surface area (Å²) in [6.07, 6.45) is 10.6. The highest BCUT2D eigenvalue weighted by atomic mass is 32.1. The Kier molecular flexibility index (Phi) is 7.05. The molecule has 0 bridgehead atoms. The zero-order valence-corrected chi connectivity index (χ0v) is 14.1. The second-order valence-corrected chi connectivity index (χ2v) is 6.06. The van der Waals surface area contributed by atoms with Gasteiger partial charge in [0.15, 0.2) is 0 Å². The standard InChI is InChI=1S/C21H24S/c1-2-3-4-6-9-18-12-14-19(15-13-18)16-17-21(22)20-10-7-5-8-11-20/h5,7-8,10-17H,2-4,6,9H2,1H3. The number of benzene rings is 2. The van der Waals surface area contributed by atoms with Crippen LogP contribution in [-0.2, 0) is 6.42 Å². The molecular formula is C21H24S. The fraction of sp³-hybridized carbons (Fsp3) is 0.286. The minimum Gasteiger partial charge on any atom is -0.0795 e. The molecule has 114 valence electrons. The summed E-state index contributed by atoms with van der Waals surface area (Å²) in [6, 6.07) is 19.0. The molecule has 0 saturated carbocycles. The van der Waals surface area contributed by atoms with E-state index in [4.69, 9.17) is 12.2 Å². The van der Waals surface area contributed by atoms with Gasteiger partial charge in [0.1, 0.15) is 0 Å². The summed E-state index contributed by atoms with van der Waals surface area (Å²) in [5, 5.41) is 0. The average Bonchev–Trinajstić information content (AvgIpc) is 2.58. The SMILES string of the molecule is CCCCCCc1ccc(C=CC(=S)c2ccccc2)cc1. The Balaban J connectivity index is 1.88. The van der Waals surface area contributed by atoms with Crippen LogP contribution >= 0.6 is 12.2 Å². The maximum atomic E-state index is 5.44. The number of rotatable bonds is 8. The van der Waals surface area contributed by atoms with Crippen molar-refractivity contribution in [2.24, 2.45) is 0 Å². The van der Waals surface area contributed by atoms with E-state index in [-0.39, 0.29) is 0 Å². The van der Waals surface area contributed by atoms with E-state index in [1.54, 1.807) is 0 Å². The molecule has 0 aromatic heterocycles. The molecule has 0 aliphatic carbocycles. The Hall–Kier alpha value is -1.73. The zero-order chi connectivity index (χ0) is 15.6. The fourth-order valence-corrected chi connectivity index (χ4v) is 2.63. The zero-order valence-electron chi connectivity index (χ0n) is 13.3. The maximum Gasteiger partial charge on any atom is 0.0449 e. The fourth-order valence-electron chi connectivity index (χ4n) is 2.42. The van der Waals surface area contributed by atoms with Crippen molar-refractivity contribution < 1.29 is 0 Å². The van der Waals surface area contributed by atoms with Crippen molar-refractivity contribution in [3.05, 3.63) is 77.4 Å². The van der Waals surface area contributed by atoms with Gasteiger partial charge in [-0.2, -0.15) is 0 Å². The molecule has 0 atom stereocenters. The van der Waals surface area contributed by atoms with Crippen LogP contribution in [-0.4, -0.2) is 4.86 Å². The molecule has 0 nitrogen and oxygen atoms in total. The van der Waals surface area contributed by atoms with Crippen molar-refractivity contribution in [2.75, 3.05) is 0 Å². The molecule has 2 aromatic carbocycles. The molecule has 0 fully saturated rings. The van der Waals surface area contributed by atoms with Gasteiger partial charge in [0.2, 0.25) is 0 Å². The highest BCUT2D eigenvalue weighted by Gasteiger charge is 1.96. The van der Waals surface area contributed by atoms with Crippen LogP contribution < -0.4 is 0 Å². The summed E-state index contributed by atoms with van der Waals surface area (Å²) in [5.41, 5.74) is 3.73. The Labute approximate surface area is 139 Å². The smallest absolute Gasteiger partial charge is 0.0449 e. The van der Waals surface area contributed by atoms with E-state index >= 15 is 0 Å². The van der Waals surface area contributed by atoms with Gasteiger partial charge in [-0.25, -0.2) is 0 Å². The molecule has 0 N–H and O–H groups in total. The quantitative estimate of drug-likeness (QED) is 0.241. The monoisotopic (exact) mass is 308 g/mol. The third-order valence-electron chi connectivity index (χ3n) is 3.78. The average molecular weight is 308 g/mol. The van der Waals surface area contributed by atoms with Gasteiger partial charge in [-0.05, 0) is 35.6 Å². The van der Waals surface area contributed by atoms with Gasteiger partial charge in [0, 0.05) is 4.86 Å². The van der Waals surface area contributed by atoms with Crippen LogP contribution in [0.25, 0.3) is 6.08 Å². The van der Waals surface area contributed by atoms with Crippen LogP contribution in [0.3, 0.4) is 0 Å². The van der Waals surface area contributed by atoms with Crippen LogP contribution in [0.15, 0.2) is 60.7 Å². The third-order valence-corrected chi connectivity index (χ3v) is 4.16. The molecule has 2 rings (SSSR count). The van der Waals surface area contributed by atoms with Gasteiger partial charge < -0.3 is 0 Å². The van der Waals surface area contributed by atoms with Gasteiger partial charge in [-0.1, -0.05) is 99.1 Å². The first-order valence-corrected chi connectivity index (χ1v) is 8.57. The van der Waals surface area contributed by atoms with Crippen molar-refractivity contribution in [1.29, 1.82) is 0 Å². The van der Waals surface area contributed by atoms with E-state index in [0.29, 0.717) is 0 Å². The molecule has 1 heteroatoms. The molecule has 0 aliphatic rings. The van der Waals surface area contributed by atoms with Crippen molar-refractivity contribution >= 4 is 23.2 Å². The van der Waals surface area contributed by atoms with Crippen molar-refractivity contribution in [3.63, 3.8) is 0 Å². The summed E-state index contributed by atoms with van der Waals surface area (Å²) in [4.78, 5) is 0.879. The molecule has 0 radical (unpaired) electrons. The van der Waals surface area contributed by atoms with Gasteiger partial charge >= 0.3 is 0 Å². The van der Waals surface area contributed by atoms with E-state index in [1.165, 1.54) is 43.2 Å². The van der Waals surface area contributed by atoms with E-state index in [9.17, 15) is 0 Å². The molecule has 0 spiro atoms. The summed E-state index contributed by atoms with van der Waals surface area (Å²) >= 11 is 5.44. The van der Waals surface area contributed by atoms with E-state index in [0.717, 1.165) is 10.4 Å². The molecule has 2 aromatic rings. The second-order valence-electron chi connectivity index (χ2n) is 5.62.